The molecule has 1 atom stereocenters. The van der Waals surface area contributed by atoms with E-state index in [0.29, 0.717) is 0 Å². The molecule has 2 aromatic carbocycles. The number of methoxy groups -OCH3 is 1. The van der Waals surface area contributed by atoms with Crippen molar-refractivity contribution in [3.05, 3.63) is 59.7 Å². The van der Waals surface area contributed by atoms with Crippen molar-refractivity contribution in [1.82, 2.24) is 0 Å². The predicted molar refractivity (Wildman–Crippen MR) is 87.7 cm³/mol. The monoisotopic (exact) mass is 298 g/mol. The Balaban J connectivity index is 1.40. The van der Waals surface area contributed by atoms with Crippen molar-refractivity contribution >= 4 is 0 Å². The number of quaternary nitrogens is 1. The van der Waals surface area contributed by atoms with Gasteiger partial charge in [-0.2, -0.15) is 0 Å². The maximum Gasteiger partial charge on any atom is 0.119 e. The fourth-order valence-electron chi connectivity index (χ4n) is 3.04. The molecule has 0 spiro atoms. The zero-order chi connectivity index (χ0) is 15.2. The highest BCUT2D eigenvalue weighted by Crippen LogP contribution is 2.17. The highest BCUT2D eigenvalue weighted by atomic mass is 16.5. The van der Waals surface area contributed by atoms with E-state index in [1.54, 1.807) is 12.0 Å². The van der Waals surface area contributed by atoms with Gasteiger partial charge in [0.2, 0.25) is 0 Å². The maximum absolute atomic E-state index is 5.80. The topological polar surface area (TPSA) is 22.9 Å². The minimum absolute atomic E-state index is 0.775. The molecule has 1 unspecified atom stereocenters. The number of fused-ring (bicyclic) bond motifs is 1. The van der Waals surface area contributed by atoms with Crippen molar-refractivity contribution < 1.29 is 14.4 Å². The van der Waals surface area contributed by atoms with Gasteiger partial charge in [0, 0.05) is 18.4 Å². The highest BCUT2D eigenvalue weighted by Gasteiger charge is 2.18. The summed E-state index contributed by atoms with van der Waals surface area (Å²) in [7, 11) is 1.68. The van der Waals surface area contributed by atoms with Gasteiger partial charge >= 0.3 is 0 Å². The van der Waals surface area contributed by atoms with Crippen LogP contribution in [0.4, 0.5) is 0 Å². The van der Waals surface area contributed by atoms with E-state index in [9.17, 15) is 0 Å². The zero-order valence-electron chi connectivity index (χ0n) is 13.2. The molecule has 3 nitrogen and oxygen atoms in total. The Hall–Kier alpha value is -2.00. The van der Waals surface area contributed by atoms with Crippen molar-refractivity contribution in [3.63, 3.8) is 0 Å². The first-order valence-electron chi connectivity index (χ1n) is 8.02. The third-order valence-corrected chi connectivity index (χ3v) is 4.31. The van der Waals surface area contributed by atoms with Gasteiger partial charge in [-0.25, -0.2) is 0 Å². The fraction of sp³-hybridized carbons (Fsp3) is 0.368. The van der Waals surface area contributed by atoms with Crippen molar-refractivity contribution in [2.75, 3.05) is 26.8 Å². The molecule has 0 saturated heterocycles. The molecule has 0 radical (unpaired) electrons. The van der Waals surface area contributed by atoms with Gasteiger partial charge in [-0.1, -0.05) is 24.3 Å². The molecule has 0 aliphatic carbocycles. The second-order valence-corrected chi connectivity index (χ2v) is 5.82. The highest BCUT2D eigenvalue weighted by molar-refractivity contribution is 5.31. The summed E-state index contributed by atoms with van der Waals surface area (Å²) in [6.07, 6.45) is 2.29. The van der Waals surface area contributed by atoms with Crippen LogP contribution in [0, 0.1) is 0 Å². The second kappa shape index (κ2) is 7.32. The van der Waals surface area contributed by atoms with E-state index in [-0.39, 0.29) is 0 Å². The van der Waals surface area contributed by atoms with Crippen LogP contribution in [0.25, 0.3) is 0 Å². The van der Waals surface area contributed by atoms with Gasteiger partial charge < -0.3 is 14.4 Å². The maximum atomic E-state index is 5.80. The molecule has 0 fully saturated rings. The summed E-state index contributed by atoms with van der Waals surface area (Å²) in [6, 6.07) is 16.6. The smallest absolute Gasteiger partial charge is 0.119 e. The van der Waals surface area contributed by atoms with E-state index >= 15 is 0 Å². The summed E-state index contributed by atoms with van der Waals surface area (Å²) in [5, 5.41) is 0. The van der Waals surface area contributed by atoms with E-state index < -0.39 is 0 Å². The first-order chi connectivity index (χ1) is 10.8. The van der Waals surface area contributed by atoms with Crippen molar-refractivity contribution in [2.24, 2.45) is 0 Å². The normalized spacial score (nSPS) is 16.9. The molecule has 1 aliphatic heterocycles. The van der Waals surface area contributed by atoms with Crippen LogP contribution in [0.3, 0.4) is 0 Å². The summed E-state index contributed by atoms with van der Waals surface area (Å²) >= 11 is 0. The van der Waals surface area contributed by atoms with Crippen LogP contribution in [0.5, 0.6) is 11.5 Å². The standard InChI is InChI=1S/C19H23NO2/c1-21-18-7-9-19(10-8-18)22-14-4-12-20-13-11-16-5-2-3-6-17(16)15-20/h2-3,5-10H,4,11-15H2,1H3/p+1. The summed E-state index contributed by atoms with van der Waals surface area (Å²) in [6.45, 7) is 4.33. The summed E-state index contributed by atoms with van der Waals surface area (Å²) in [5.74, 6) is 1.78. The Morgan fingerprint density at radius 2 is 1.68 bits per heavy atom. The van der Waals surface area contributed by atoms with E-state index in [0.717, 1.165) is 31.1 Å². The molecule has 1 aliphatic rings. The lowest BCUT2D eigenvalue weighted by atomic mass is 10.00. The first kappa shape index (κ1) is 14.9. The number of hydrogen-bond acceptors (Lipinski definition) is 2. The molecule has 0 saturated carbocycles. The van der Waals surface area contributed by atoms with Crippen molar-refractivity contribution in [1.29, 1.82) is 0 Å². The Kier molecular flexibility index (Phi) is 4.96. The molecule has 1 N–H and O–H groups in total. The first-order valence-corrected chi connectivity index (χ1v) is 8.02. The lowest BCUT2D eigenvalue weighted by Gasteiger charge is -2.25. The van der Waals surface area contributed by atoms with Gasteiger partial charge in [-0.3, -0.25) is 0 Å². The summed E-state index contributed by atoms with van der Waals surface area (Å²) in [5.41, 5.74) is 3.04. The van der Waals surface area contributed by atoms with E-state index in [2.05, 4.69) is 24.3 Å². The third kappa shape index (κ3) is 3.80. The molecule has 3 heteroatoms. The molecule has 0 bridgehead atoms. The van der Waals surface area contributed by atoms with E-state index in [4.69, 9.17) is 9.47 Å². The number of hydrogen-bond donors (Lipinski definition) is 1. The van der Waals surface area contributed by atoms with Crippen LogP contribution in [-0.2, 0) is 13.0 Å². The van der Waals surface area contributed by atoms with Gasteiger partial charge in [0.05, 0.1) is 26.8 Å². The van der Waals surface area contributed by atoms with Gasteiger partial charge in [-0.15, -0.1) is 0 Å². The lowest BCUT2D eigenvalue weighted by molar-refractivity contribution is -0.916. The number of benzene rings is 2. The molecule has 116 valence electrons. The minimum Gasteiger partial charge on any atom is -0.497 e. The molecule has 0 aromatic heterocycles. The Labute approximate surface area is 132 Å². The van der Waals surface area contributed by atoms with Crippen LogP contribution in [0.1, 0.15) is 17.5 Å². The molecule has 22 heavy (non-hydrogen) atoms. The lowest BCUT2D eigenvalue weighted by Crippen LogP contribution is -3.11. The molecule has 0 amide bonds. The van der Waals surface area contributed by atoms with Gasteiger partial charge in [0.1, 0.15) is 18.0 Å². The minimum atomic E-state index is 0.775. The predicted octanol–water partition coefficient (Wildman–Crippen LogP) is 2.11. The average Bonchev–Trinajstić information content (AvgIpc) is 2.59. The third-order valence-electron chi connectivity index (χ3n) is 4.31. The number of rotatable bonds is 6. The van der Waals surface area contributed by atoms with E-state index in [1.165, 1.54) is 30.6 Å². The quantitative estimate of drug-likeness (QED) is 0.826. The average molecular weight is 298 g/mol. The number of ether oxygens (including phenoxy) is 2. The van der Waals surface area contributed by atoms with Crippen LogP contribution in [-0.4, -0.2) is 26.8 Å². The summed E-state index contributed by atoms with van der Waals surface area (Å²) in [4.78, 5) is 1.66. The molecule has 1 heterocycles. The second-order valence-electron chi connectivity index (χ2n) is 5.82. The Bertz CT molecular complexity index is 595. The van der Waals surface area contributed by atoms with Crippen LogP contribution in [0.15, 0.2) is 48.5 Å². The molecule has 2 aromatic rings. The van der Waals surface area contributed by atoms with Crippen molar-refractivity contribution in [2.45, 2.75) is 19.4 Å². The zero-order valence-corrected chi connectivity index (χ0v) is 13.2. The fourth-order valence-corrected chi connectivity index (χ4v) is 3.04. The van der Waals surface area contributed by atoms with E-state index in [1.807, 2.05) is 24.3 Å². The SMILES string of the molecule is COc1ccc(OCCC[NH+]2CCc3ccccc3C2)cc1. The summed E-state index contributed by atoms with van der Waals surface area (Å²) < 4.78 is 10.9. The number of nitrogens with one attached hydrogen (secondary N) is 1. The Morgan fingerprint density at radius 1 is 0.955 bits per heavy atom. The molecular weight excluding hydrogens is 274 g/mol. The molecule has 3 rings (SSSR count). The molecular formula is C19H24NO2+. The Morgan fingerprint density at radius 3 is 2.45 bits per heavy atom. The largest absolute Gasteiger partial charge is 0.497 e. The van der Waals surface area contributed by atoms with Crippen LogP contribution < -0.4 is 14.4 Å². The van der Waals surface area contributed by atoms with Crippen molar-refractivity contribution in [3.8, 4) is 11.5 Å². The van der Waals surface area contributed by atoms with Gasteiger partial charge in [-0.05, 0) is 29.8 Å². The van der Waals surface area contributed by atoms with Gasteiger partial charge in [0.25, 0.3) is 0 Å². The van der Waals surface area contributed by atoms with Crippen LogP contribution in [0.2, 0.25) is 0 Å². The van der Waals surface area contributed by atoms with Crippen LogP contribution >= 0.6 is 0 Å². The van der Waals surface area contributed by atoms with Gasteiger partial charge in [0.15, 0.2) is 0 Å².